The van der Waals surface area contributed by atoms with Gasteiger partial charge in [-0.15, -0.1) is 0 Å². The van der Waals surface area contributed by atoms with Crippen molar-refractivity contribution in [3.8, 4) is 0 Å². The van der Waals surface area contributed by atoms with Crippen molar-refractivity contribution in [1.29, 1.82) is 0 Å². The first-order valence-corrected chi connectivity index (χ1v) is 7.18. The van der Waals surface area contributed by atoms with E-state index >= 15 is 0 Å². The van der Waals surface area contributed by atoms with Crippen LogP contribution in [-0.2, 0) is 4.74 Å². The van der Waals surface area contributed by atoms with Gasteiger partial charge in [0.05, 0.1) is 6.04 Å². The predicted octanol–water partition coefficient (Wildman–Crippen LogP) is 3.09. The van der Waals surface area contributed by atoms with E-state index in [1.54, 1.807) is 4.90 Å². The van der Waals surface area contributed by atoms with Gasteiger partial charge in [0.1, 0.15) is 5.60 Å². The van der Waals surface area contributed by atoms with Gasteiger partial charge in [-0.1, -0.05) is 30.3 Å². The van der Waals surface area contributed by atoms with Crippen molar-refractivity contribution in [2.75, 3.05) is 6.54 Å². The minimum Gasteiger partial charge on any atom is -0.444 e. The number of likely N-dealkylation sites (tertiary alicyclic amines) is 1. The van der Waals surface area contributed by atoms with Gasteiger partial charge in [-0.25, -0.2) is 4.79 Å². The maximum atomic E-state index is 12.4. The molecule has 1 saturated heterocycles. The van der Waals surface area contributed by atoms with Crippen LogP contribution in [0, 0.1) is 0 Å². The van der Waals surface area contributed by atoms with E-state index in [1.165, 1.54) is 0 Å². The lowest BCUT2D eigenvalue weighted by Gasteiger charge is -2.40. The molecule has 4 nitrogen and oxygen atoms in total. The number of ether oxygens (including phenoxy) is 1. The van der Waals surface area contributed by atoms with Crippen molar-refractivity contribution in [3.05, 3.63) is 35.9 Å². The first-order valence-electron chi connectivity index (χ1n) is 7.18. The van der Waals surface area contributed by atoms with Gasteiger partial charge in [-0.3, -0.25) is 4.90 Å². The summed E-state index contributed by atoms with van der Waals surface area (Å²) in [4.78, 5) is 14.2. The van der Waals surface area contributed by atoms with Crippen LogP contribution in [0.15, 0.2) is 30.3 Å². The molecule has 1 aliphatic heterocycles. The molecule has 0 saturated carbocycles. The van der Waals surface area contributed by atoms with Gasteiger partial charge in [-0.05, 0) is 39.2 Å². The standard InChI is InChI=1S/C16H24N2O2/c1-16(2,3)20-15(19)18-11-7-10-13(17)14(18)12-8-5-4-6-9-12/h4-6,8-9,13-14H,7,10-11,17H2,1-3H3/t13-,14+/m0/s1. The van der Waals surface area contributed by atoms with Gasteiger partial charge >= 0.3 is 6.09 Å². The van der Waals surface area contributed by atoms with E-state index in [0.717, 1.165) is 18.4 Å². The summed E-state index contributed by atoms with van der Waals surface area (Å²) in [6.45, 7) is 6.34. The molecule has 110 valence electrons. The fourth-order valence-electron chi connectivity index (χ4n) is 2.63. The van der Waals surface area contributed by atoms with Crippen LogP contribution in [0.3, 0.4) is 0 Å². The normalized spacial score (nSPS) is 23.5. The van der Waals surface area contributed by atoms with E-state index in [4.69, 9.17) is 10.5 Å². The minimum absolute atomic E-state index is 0.0429. The third kappa shape index (κ3) is 3.51. The Balaban J connectivity index is 2.23. The molecule has 0 aromatic heterocycles. The molecule has 2 atom stereocenters. The Morgan fingerprint density at radius 3 is 2.55 bits per heavy atom. The summed E-state index contributed by atoms with van der Waals surface area (Å²) in [5.41, 5.74) is 6.84. The van der Waals surface area contributed by atoms with E-state index in [2.05, 4.69) is 0 Å². The number of carbonyl (C=O) groups excluding carboxylic acids is 1. The second-order valence-electron chi connectivity index (χ2n) is 6.34. The number of carbonyl (C=O) groups is 1. The molecule has 0 unspecified atom stereocenters. The number of amides is 1. The van der Waals surface area contributed by atoms with Crippen LogP contribution in [0.4, 0.5) is 4.79 Å². The molecule has 20 heavy (non-hydrogen) atoms. The third-order valence-electron chi connectivity index (χ3n) is 3.45. The maximum absolute atomic E-state index is 12.4. The Morgan fingerprint density at radius 1 is 1.30 bits per heavy atom. The summed E-state index contributed by atoms with van der Waals surface area (Å²) in [6.07, 6.45) is 1.57. The second-order valence-corrected chi connectivity index (χ2v) is 6.34. The van der Waals surface area contributed by atoms with E-state index in [9.17, 15) is 4.79 Å². The average Bonchev–Trinajstić information content (AvgIpc) is 2.37. The molecule has 1 amide bonds. The molecule has 1 aliphatic rings. The number of hydrogen-bond acceptors (Lipinski definition) is 3. The number of benzene rings is 1. The fourth-order valence-corrected chi connectivity index (χ4v) is 2.63. The minimum atomic E-state index is -0.486. The van der Waals surface area contributed by atoms with Crippen LogP contribution in [0.1, 0.15) is 45.2 Å². The smallest absolute Gasteiger partial charge is 0.410 e. The summed E-state index contributed by atoms with van der Waals surface area (Å²) in [7, 11) is 0. The van der Waals surface area contributed by atoms with Gasteiger partial charge < -0.3 is 10.5 Å². The highest BCUT2D eigenvalue weighted by Crippen LogP contribution is 2.31. The van der Waals surface area contributed by atoms with Crippen LogP contribution < -0.4 is 5.73 Å². The third-order valence-corrected chi connectivity index (χ3v) is 3.45. The number of nitrogens with zero attached hydrogens (tertiary/aromatic N) is 1. The monoisotopic (exact) mass is 276 g/mol. The van der Waals surface area contributed by atoms with Crippen LogP contribution in [0.2, 0.25) is 0 Å². The largest absolute Gasteiger partial charge is 0.444 e. The van der Waals surface area contributed by atoms with Crippen LogP contribution >= 0.6 is 0 Å². The zero-order chi connectivity index (χ0) is 14.8. The van der Waals surface area contributed by atoms with Crippen molar-refractivity contribution in [2.24, 2.45) is 5.73 Å². The fraction of sp³-hybridized carbons (Fsp3) is 0.562. The zero-order valence-electron chi connectivity index (χ0n) is 12.5. The molecule has 0 aliphatic carbocycles. The van der Waals surface area contributed by atoms with Gasteiger partial charge in [0.15, 0.2) is 0 Å². The lowest BCUT2D eigenvalue weighted by molar-refractivity contribution is 0.00646. The molecular weight excluding hydrogens is 252 g/mol. The SMILES string of the molecule is CC(C)(C)OC(=O)N1CCC[C@H](N)[C@H]1c1ccccc1. The summed E-state index contributed by atoms with van der Waals surface area (Å²) in [6, 6.07) is 9.82. The molecule has 1 heterocycles. The van der Waals surface area contributed by atoms with Crippen molar-refractivity contribution in [3.63, 3.8) is 0 Å². The number of nitrogens with two attached hydrogens (primary N) is 1. The lowest BCUT2D eigenvalue weighted by Crippen LogP contribution is -2.49. The molecular formula is C16H24N2O2. The Bertz CT molecular complexity index is 453. The van der Waals surface area contributed by atoms with Gasteiger partial charge in [0.2, 0.25) is 0 Å². The number of hydrogen-bond donors (Lipinski definition) is 1. The van der Waals surface area contributed by atoms with Crippen molar-refractivity contribution >= 4 is 6.09 Å². The molecule has 0 radical (unpaired) electrons. The predicted molar refractivity (Wildman–Crippen MR) is 79.3 cm³/mol. The van der Waals surface area contributed by atoms with Crippen LogP contribution in [-0.4, -0.2) is 29.2 Å². The van der Waals surface area contributed by atoms with Gasteiger partial charge in [-0.2, -0.15) is 0 Å². The van der Waals surface area contributed by atoms with Crippen LogP contribution in [0.5, 0.6) is 0 Å². The highest BCUT2D eigenvalue weighted by atomic mass is 16.6. The number of piperidine rings is 1. The van der Waals surface area contributed by atoms with Gasteiger partial charge in [0.25, 0.3) is 0 Å². The highest BCUT2D eigenvalue weighted by molar-refractivity contribution is 5.69. The zero-order valence-corrected chi connectivity index (χ0v) is 12.5. The quantitative estimate of drug-likeness (QED) is 0.857. The number of rotatable bonds is 1. The topological polar surface area (TPSA) is 55.6 Å². The van der Waals surface area contributed by atoms with Crippen molar-refractivity contribution in [1.82, 2.24) is 4.90 Å². The molecule has 2 N–H and O–H groups in total. The molecule has 1 aromatic carbocycles. The summed E-state index contributed by atoms with van der Waals surface area (Å²) < 4.78 is 5.51. The Morgan fingerprint density at radius 2 is 1.95 bits per heavy atom. The summed E-state index contributed by atoms with van der Waals surface area (Å²) >= 11 is 0. The highest BCUT2D eigenvalue weighted by Gasteiger charge is 2.35. The van der Waals surface area contributed by atoms with E-state index in [1.807, 2.05) is 51.1 Å². The molecule has 2 rings (SSSR count). The second kappa shape index (κ2) is 5.83. The molecule has 0 spiro atoms. The van der Waals surface area contributed by atoms with E-state index in [0.29, 0.717) is 6.54 Å². The Kier molecular flexibility index (Phi) is 4.33. The average molecular weight is 276 g/mol. The molecule has 0 bridgehead atoms. The summed E-state index contributed by atoms with van der Waals surface area (Å²) in [5, 5.41) is 0. The van der Waals surface area contributed by atoms with Crippen LogP contribution in [0.25, 0.3) is 0 Å². The maximum Gasteiger partial charge on any atom is 0.410 e. The molecule has 4 heteroatoms. The lowest BCUT2D eigenvalue weighted by atomic mass is 9.91. The molecule has 1 aromatic rings. The Hall–Kier alpha value is -1.55. The Labute approximate surface area is 120 Å². The first kappa shape index (κ1) is 14.9. The van der Waals surface area contributed by atoms with Crippen molar-refractivity contribution in [2.45, 2.75) is 51.3 Å². The van der Waals surface area contributed by atoms with Crippen molar-refractivity contribution < 1.29 is 9.53 Å². The first-order chi connectivity index (χ1) is 9.38. The van der Waals surface area contributed by atoms with Gasteiger partial charge in [0, 0.05) is 12.6 Å². The van der Waals surface area contributed by atoms with E-state index < -0.39 is 5.60 Å². The van der Waals surface area contributed by atoms with E-state index in [-0.39, 0.29) is 18.2 Å². The summed E-state index contributed by atoms with van der Waals surface area (Å²) in [5.74, 6) is 0. The molecule has 1 fully saturated rings.